The molecule has 0 saturated heterocycles. The largest absolute Gasteiger partial charge is 0.329 e. The molecule has 0 heterocycles. The van der Waals surface area contributed by atoms with Crippen molar-refractivity contribution in [2.45, 2.75) is 32.2 Å². The first-order valence-corrected chi connectivity index (χ1v) is 4.45. The van der Waals surface area contributed by atoms with Gasteiger partial charge in [0.2, 0.25) is 0 Å². The molecule has 3 N–H and O–H groups in total. The van der Waals surface area contributed by atoms with Crippen molar-refractivity contribution in [3.05, 3.63) is 0 Å². The number of hydrogen-bond acceptors (Lipinski definition) is 3. The van der Waals surface area contributed by atoms with E-state index >= 15 is 0 Å². The van der Waals surface area contributed by atoms with E-state index in [4.69, 9.17) is 10.6 Å². The molecule has 66 valence electrons. The Morgan fingerprint density at radius 3 is 2.73 bits per heavy atom. The molecule has 1 atom stereocenters. The number of rotatable bonds is 5. The minimum Gasteiger partial charge on any atom is -0.329 e. The van der Waals surface area contributed by atoms with Crippen molar-refractivity contribution in [1.29, 1.82) is 0 Å². The van der Waals surface area contributed by atoms with E-state index in [0.717, 1.165) is 5.92 Å². The molecule has 0 aromatic heterocycles. The zero-order chi connectivity index (χ0) is 8.10. The van der Waals surface area contributed by atoms with Gasteiger partial charge in [0.25, 0.3) is 0 Å². The highest BCUT2D eigenvalue weighted by Crippen LogP contribution is 2.29. The van der Waals surface area contributed by atoms with Gasteiger partial charge in [0, 0.05) is 12.6 Å². The maximum atomic E-state index is 5.58. The second-order valence-corrected chi connectivity index (χ2v) is 3.08. The molecule has 0 bridgehead atoms. The lowest BCUT2D eigenvalue weighted by molar-refractivity contribution is -0.000544. The summed E-state index contributed by atoms with van der Waals surface area (Å²) < 4.78 is 0. The average molecular weight is 158 g/mol. The fourth-order valence-corrected chi connectivity index (χ4v) is 1.37. The molecule has 3 heteroatoms. The van der Waals surface area contributed by atoms with Crippen LogP contribution in [0.4, 0.5) is 0 Å². The van der Waals surface area contributed by atoms with E-state index in [1.807, 2.05) is 6.92 Å². The van der Waals surface area contributed by atoms with Gasteiger partial charge in [-0.15, -0.1) is 0 Å². The summed E-state index contributed by atoms with van der Waals surface area (Å²) in [6.07, 6.45) is 3.97. The highest BCUT2D eigenvalue weighted by Gasteiger charge is 2.25. The molecule has 0 aromatic rings. The highest BCUT2D eigenvalue weighted by atomic mass is 16.6. The van der Waals surface area contributed by atoms with Crippen LogP contribution in [0.3, 0.4) is 0 Å². The lowest BCUT2D eigenvalue weighted by atomic mass is 9.80. The molecule has 1 aliphatic carbocycles. The molecule has 0 radical (unpaired) electrons. The van der Waals surface area contributed by atoms with Gasteiger partial charge in [-0.1, -0.05) is 6.42 Å². The van der Waals surface area contributed by atoms with Gasteiger partial charge in [0.15, 0.2) is 0 Å². The van der Waals surface area contributed by atoms with E-state index in [2.05, 4.69) is 5.48 Å². The second-order valence-electron chi connectivity index (χ2n) is 3.08. The summed E-state index contributed by atoms with van der Waals surface area (Å²) in [5, 5.41) is 0. The van der Waals surface area contributed by atoms with Gasteiger partial charge >= 0.3 is 0 Å². The molecule has 0 amide bonds. The van der Waals surface area contributed by atoms with Crippen molar-refractivity contribution in [2.24, 2.45) is 11.7 Å². The third-order valence-electron chi connectivity index (χ3n) is 2.35. The maximum Gasteiger partial charge on any atom is 0.0654 e. The van der Waals surface area contributed by atoms with Crippen molar-refractivity contribution in [2.75, 3.05) is 13.2 Å². The van der Waals surface area contributed by atoms with E-state index in [1.165, 1.54) is 19.3 Å². The smallest absolute Gasteiger partial charge is 0.0654 e. The fraction of sp³-hybridized carbons (Fsp3) is 1.00. The van der Waals surface area contributed by atoms with E-state index in [9.17, 15) is 0 Å². The molecule has 0 spiro atoms. The molecule has 1 rings (SSSR count). The van der Waals surface area contributed by atoms with Gasteiger partial charge in [-0.05, 0) is 25.7 Å². The van der Waals surface area contributed by atoms with Crippen molar-refractivity contribution >= 4 is 0 Å². The monoisotopic (exact) mass is 158 g/mol. The van der Waals surface area contributed by atoms with Crippen LogP contribution in [-0.4, -0.2) is 19.2 Å². The van der Waals surface area contributed by atoms with E-state index in [1.54, 1.807) is 0 Å². The van der Waals surface area contributed by atoms with Gasteiger partial charge < -0.3 is 10.6 Å². The zero-order valence-electron chi connectivity index (χ0n) is 7.18. The first-order valence-electron chi connectivity index (χ1n) is 4.45. The van der Waals surface area contributed by atoms with Crippen LogP contribution in [0.2, 0.25) is 0 Å². The molecular weight excluding hydrogens is 140 g/mol. The van der Waals surface area contributed by atoms with Crippen LogP contribution in [0.5, 0.6) is 0 Å². The summed E-state index contributed by atoms with van der Waals surface area (Å²) in [5.74, 6) is 0.756. The summed E-state index contributed by atoms with van der Waals surface area (Å²) in [7, 11) is 0. The van der Waals surface area contributed by atoms with Crippen molar-refractivity contribution in [3.63, 3.8) is 0 Å². The van der Waals surface area contributed by atoms with Crippen LogP contribution in [0.15, 0.2) is 0 Å². The summed E-state index contributed by atoms with van der Waals surface area (Å²) in [5.41, 5.74) is 8.58. The van der Waals surface area contributed by atoms with Crippen molar-refractivity contribution in [3.8, 4) is 0 Å². The molecule has 1 unspecified atom stereocenters. The Hall–Kier alpha value is -0.120. The Morgan fingerprint density at radius 2 is 2.36 bits per heavy atom. The van der Waals surface area contributed by atoms with Crippen molar-refractivity contribution in [1.82, 2.24) is 5.48 Å². The van der Waals surface area contributed by atoms with Crippen LogP contribution in [0, 0.1) is 5.92 Å². The standard InChI is InChI=1S/C8H18N2O/c1-2-11-10-8(6-9)7-4-3-5-7/h7-8,10H,2-6,9H2,1H3. The Kier molecular flexibility index (Phi) is 3.83. The van der Waals surface area contributed by atoms with Crippen LogP contribution < -0.4 is 11.2 Å². The minimum atomic E-state index is 0.378. The van der Waals surface area contributed by atoms with Crippen LogP contribution in [0.1, 0.15) is 26.2 Å². The number of nitrogens with two attached hydrogens (primary N) is 1. The number of hydrogen-bond donors (Lipinski definition) is 2. The topological polar surface area (TPSA) is 47.3 Å². The normalized spacial score (nSPS) is 21.3. The summed E-state index contributed by atoms with van der Waals surface area (Å²) in [6, 6.07) is 0.378. The molecule has 3 nitrogen and oxygen atoms in total. The van der Waals surface area contributed by atoms with Gasteiger partial charge in [-0.3, -0.25) is 0 Å². The average Bonchev–Trinajstić information content (AvgIpc) is 1.93. The lowest BCUT2D eigenvalue weighted by Crippen LogP contribution is -2.44. The molecule has 1 saturated carbocycles. The fourth-order valence-electron chi connectivity index (χ4n) is 1.37. The number of nitrogens with one attached hydrogen (secondary N) is 1. The van der Waals surface area contributed by atoms with E-state index in [-0.39, 0.29) is 0 Å². The number of hydroxylamine groups is 1. The predicted molar refractivity (Wildman–Crippen MR) is 44.9 cm³/mol. The van der Waals surface area contributed by atoms with Crippen molar-refractivity contribution < 1.29 is 4.84 Å². The molecule has 1 fully saturated rings. The predicted octanol–water partition coefficient (Wildman–Crippen LogP) is 0.655. The second kappa shape index (κ2) is 4.70. The molecule has 1 aliphatic rings. The molecule has 0 aromatic carbocycles. The van der Waals surface area contributed by atoms with Crippen LogP contribution in [0.25, 0.3) is 0 Å². The Bertz CT molecular complexity index is 104. The first kappa shape index (κ1) is 8.97. The van der Waals surface area contributed by atoms with Crippen LogP contribution in [-0.2, 0) is 4.84 Å². The summed E-state index contributed by atoms with van der Waals surface area (Å²) in [4.78, 5) is 5.11. The van der Waals surface area contributed by atoms with E-state index < -0.39 is 0 Å². The quantitative estimate of drug-likeness (QED) is 0.578. The Balaban J connectivity index is 2.13. The zero-order valence-corrected chi connectivity index (χ0v) is 7.18. The maximum absolute atomic E-state index is 5.58. The molecule has 11 heavy (non-hydrogen) atoms. The summed E-state index contributed by atoms with van der Waals surface area (Å²) >= 11 is 0. The lowest BCUT2D eigenvalue weighted by Gasteiger charge is -2.32. The minimum absolute atomic E-state index is 0.378. The third-order valence-corrected chi connectivity index (χ3v) is 2.35. The van der Waals surface area contributed by atoms with Gasteiger partial charge in [-0.2, -0.15) is 5.48 Å². The first-order chi connectivity index (χ1) is 5.38. The Morgan fingerprint density at radius 1 is 1.64 bits per heavy atom. The van der Waals surface area contributed by atoms with Crippen LogP contribution >= 0.6 is 0 Å². The SMILES string of the molecule is CCONC(CN)C1CCC1. The van der Waals surface area contributed by atoms with Gasteiger partial charge in [-0.25, -0.2) is 0 Å². The van der Waals surface area contributed by atoms with Gasteiger partial charge in [0.1, 0.15) is 0 Å². The highest BCUT2D eigenvalue weighted by molar-refractivity contribution is 4.81. The molecule has 0 aliphatic heterocycles. The Labute approximate surface area is 68.2 Å². The van der Waals surface area contributed by atoms with E-state index in [0.29, 0.717) is 19.2 Å². The molecular formula is C8H18N2O. The van der Waals surface area contributed by atoms with Gasteiger partial charge in [0.05, 0.1) is 6.61 Å². The summed E-state index contributed by atoms with van der Waals surface area (Å²) in [6.45, 7) is 3.37. The third kappa shape index (κ3) is 2.43.